The molecule has 2 aliphatic rings. The normalized spacial score (nSPS) is 21.7. The molecule has 1 aromatic rings. The van der Waals surface area contributed by atoms with Gasteiger partial charge < -0.3 is 19.5 Å². The number of halogens is 1. The Morgan fingerprint density at radius 1 is 1.55 bits per heavy atom. The van der Waals surface area contributed by atoms with Gasteiger partial charge in [-0.1, -0.05) is 6.07 Å². The molecule has 2 heterocycles. The third-order valence-corrected chi connectivity index (χ3v) is 4.23. The molecule has 118 valence electrons. The zero-order valence-corrected chi connectivity index (χ0v) is 12.7. The summed E-state index contributed by atoms with van der Waals surface area (Å²) >= 11 is 0. The Balaban J connectivity index is 1.72. The highest BCUT2D eigenvalue weighted by Crippen LogP contribution is 2.34. The van der Waals surface area contributed by atoms with Gasteiger partial charge in [-0.2, -0.15) is 0 Å². The van der Waals surface area contributed by atoms with Gasteiger partial charge in [0, 0.05) is 7.11 Å². The molecule has 0 aromatic heterocycles. The van der Waals surface area contributed by atoms with Crippen LogP contribution in [0.25, 0.3) is 0 Å². The van der Waals surface area contributed by atoms with Crippen molar-refractivity contribution in [3.63, 3.8) is 0 Å². The molecule has 3 rings (SSSR count). The van der Waals surface area contributed by atoms with Crippen molar-refractivity contribution in [3.8, 4) is 5.75 Å². The van der Waals surface area contributed by atoms with Gasteiger partial charge in [-0.25, -0.2) is 4.39 Å². The minimum absolute atomic E-state index is 0.0552. The molecule has 1 N–H and O–H groups in total. The van der Waals surface area contributed by atoms with E-state index in [1.54, 1.807) is 19.2 Å². The molecule has 0 radical (unpaired) electrons. The Labute approximate surface area is 130 Å². The number of nitrogens with zero attached hydrogens (tertiary/aromatic N) is 1. The van der Waals surface area contributed by atoms with E-state index in [2.05, 4.69) is 10.1 Å². The molecule has 2 aliphatic heterocycles. The minimum Gasteiger partial charge on any atom is -0.481 e. The van der Waals surface area contributed by atoms with Crippen molar-refractivity contribution in [1.82, 2.24) is 4.81 Å². The lowest BCUT2D eigenvalue weighted by Gasteiger charge is -2.32. The van der Waals surface area contributed by atoms with Crippen molar-refractivity contribution in [2.75, 3.05) is 32.1 Å². The Hall–Kier alpha value is -1.60. The number of carbonyl (C=O) groups excluding carboxylic acids is 1. The lowest BCUT2D eigenvalue weighted by Crippen LogP contribution is -2.39. The van der Waals surface area contributed by atoms with Gasteiger partial charge in [0.15, 0.2) is 12.4 Å². The summed E-state index contributed by atoms with van der Waals surface area (Å²) in [7, 11) is 2.31. The van der Waals surface area contributed by atoms with Gasteiger partial charge in [0.05, 0.1) is 0 Å². The number of fused-ring (bicyclic) bond motifs is 1. The first kappa shape index (κ1) is 15.3. The van der Waals surface area contributed by atoms with Gasteiger partial charge >= 0.3 is 7.62 Å². The zero-order valence-electron chi connectivity index (χ0n) is 12.7. The van der Waals surface area contributed by atoms with Crippen LogP contribution in [0.4, 0.5) is 10.1 Å². The average molecular weight is 306 g/mol. The van der Waals surface area contributed by atoms with Crippen molar-refractivity contribution in [2.24, 2.45) is 5.92 Å². The second-order valence-electron chi connectivity index (χ2n) is 5.96. The minimum atomic E-state index is -0.366. The smallest absolute Gasteiger partial charge is 0.363 e. The Kier molecular flexibility index (Phi) is 4.64. The first-order valence-electron chi connectivity index (χ1n) is 7.62. The number of nitrogens with one attached hydrogen (secondary N) is 1. The maximum Gasteiger partial charge on any atom is 0.363 e. The number of amides is 1. The van der Waals surface area contributed by atoms with E-state index in [9.17, 15) is 9.18 Å². The van der Waals surface area contributed by atoms with E-state index in [1.165, 1.54) is 0 Å². The molecule has 1 atom stereocenters. The molecule has 22 heavy (non-hydrogen) atoms. The van der Waals surface area contributed by atoms with E-state index in [4.69, 9.17) is 9.39 Å². The number of ether oxygens (including phenoxy) is 1. The predicted molar refractivity (Wildman–Crippen MR) is 82.7 cm³/mol. The quantitative estimate of drug-likeness (QED) is 0.853. The summed E-state index contributed by atoms with van der Waals surface area (Å²) in [4.78, 5) is 13.6. The molecule has 0 bridgehead atoms. The number of benzene rings is 1. The number of anilines is 1. The predicted octanol–water partition coefficient (Wildman–Crippen LogP) is 1.32. The molecule has 1 aromatic carbocycles. The highest BCUT2D eigenvalue weighted by atomic mass is 19.1. The van der Waals surface area contributed by atoms with Gasteiger partial charge in [0.25, 0.3) is 5.91 Å². The van der Waals surface area contributed by atoms with Crippen molar-refractivity contribution in [2.45, 2.75) is 19.3 Å². The number of hydrogen-bond acceptors (Lipinski definition) is 4. The first-order valence-corrected chi connectivity index (χ1v) is 7.62. The van der Waals surface area contributed by atoms with Crippen molar-refractivity contribution < 1.29 is 18.6 Å². The van der Waals surface area contributed by atoms with E-state index in [1.807, 2.05) is 0 Å². The largest absolute Gasteiger partial charge is 0.481 e. The Morgan fingerprint density at radius 3 is 3.23 bits per heavy atom. The number of piperidine rings is 1. The molecule has 0 aliphatic carbocycles. The highest BCUT2D eigenvalue weighted by molar-refractivity contribution is 6.23. The topological polar surface area (TPSA) is 50.8 Å². The number of rotatable bonds is 4. The van der Waals surface area contributed by atoms with E-state index >= 15 is 0 Å². The molecule has 5 nitrogen and oxygen atoms in total. The van der Waals surface area contributed by atoms with E-state index in [-0.39, 0.29) is 24.0 Å². The monoisotopic (exact) mass is 306 g/mol. The van der Waals surface area contributed by atoms with Gasteiger partial charge in [-0.15, -0.1) is 0 Å². The van der Waals surface area contributed by atoms with Crippen molar-refractivity contribution in [3.05, 3.63) is 23.5 Å². The van der Waals surface area contributed by atoms with Crippen LogP contribution in [-0.2, 0) is 15.9 Å². The Morgan fingerprint density at radius 2 is 2.41 bits per heavy atom. The fourth-order valence-electron chi connectivity index (χ4n) is 3.24. The van der Waals surface area contributed by atoms with E-state index in [0.29, 0.717) is 31.3 Å². The molecular formula is C15H20BFN2O3. The summed E-state index contributed by atoms with van der Waals surface area (Å²) in [6.45, 7) is 1.88. The molecule has 7 heteroatoms. The maximum absolute atomic E-state index is 14.6. The van der Waals surface area contributed by atoms with E-state index in [0.717, 1.165) is 25.9 Å². The van der Waals surface area contributed by atoms with Crippen molar-refractivity contribution in [1.29, 1.82) is 0 Å². The summed E-state index contributed by atoms with van der Waals surface area (Å²) in [5.74, 6) is 0.129. The summed E-state index contributed by atoms with van der Waals surface area (Å²) in [5, 5.41) is 2.57. The second kappa shape index (κ2) is 6.66. The Bertz CT molecular complexity index is 568. The number of hydrogen-bond donors (Lipinski definition) is 1. The summed E-state index contributed by atoms with van der Waals surface area (Å²) in [6, 6.07) is 3.50. The lowest BCUT2D eigenvalue weighted by atomic mass is 9.88. The van der Waals surface area contributed by atoms with Crippen LogP contribution in [0.15, 0.2) is 12.1 Å². The van der Waals surface area contributed by atoms with Crippen LogP contribution >= 0.6 is 0 Å². The highest BCUT2D eigenvalue weighted by Gasteiger charge is 2.25. The van der Waals surface area contributed by atoms with Crippen LogP contribution in [0.1, 0.15) is 18.4 Å². The number of carbonyl (C=O) groups is 1. The van der Waals surface area contributed by atoms with Gasteiger partial charge in [-0.3, -0.25) is 4.79 Å². The standard InChI is InChI=1S/C15H20BFN2O3/c1-21-16-19-6-2-3-10(8-19)7-11-4-5-12-15(14(11)17)18-13(20)9-22-12/h4-5,10,16H,2-3,6-9H2,1H3,(H,18,20). The fraction of sp³-hybridized carbons (Fsp3) is 0.533. The third-order valence-electron chi connectivity index (χ3n) is 4.23. The summed E-state index contributed by atoms with van der Waals surface area (Å²) in [6.07, 6.45) is 2.84. The van der Waals surface area contributed by atoms with Gasteiger partial charge in [-0.05, 0) is 49.9 Å². The van der Waals surface area contributed by atoms with Crippen LogP contribution in [0.2, 0.25) is 0 Å². The van der Waals surface area contributed by atoms with Crippen molar-refractivity contribution >= 4 is 19.2 Å². The van der Waals surface area contributed by atoms with Crippen LogP contribution < -0.4 is 10.1 Å². The maximum atomic E-state index is 14.6. The van der Waals surface area contributed by atoms with Gasteiger partial charge in [0.2, 0.25) is 0 Å². The van der Waals surface area contributed by atoms with Crippen LogP contribution in [0.5, 0.6) is 5.75 Å². The molecular weight excluding hydrogens is 286 g/mol. The fourth-order valence-corrected chi connectivity index (χ4v) is 3.24. The van der Waals surface area contributed by atoms with Gasteiger partial charge in [0.1, 0.15) is 11.4 Å². The molecule has 1 unspecified atom stereocenters. The van der Waals surface area contributed by atoms with Crippen LogP contribution in [-0.4, -0.2) is 45.1 Å². The van der Waals surface area contributed by atoms with Crippen LogP contribution in [0.3, 0.4) is 0 Å². The first-order chi connectivity index (χ1) is 10.7. The summed E-state index contributed by atoms with van der Waals surface area (Å²) < 4.78 is 25.0. The lowest BCUT2D eigenvalue weighted by molar-refractivity contribution is -0.118. The average Bonchev–Trinajstić information content (AvgIpc) is 2.51. The molecule has 0 saturated carbocycles. The summed E-state index contributed by atoms with van der Waals surface area (Å²) in [5.41, 5.74) is 0.812. The molecule has 1 amide bonds. The van der Waals surface area contributed by atoms with E-state index < -0.39 is 0 Å². The molecule has 1 saturated heterocycles. The van der Waals surface area contributed by atoms with Crippen LogP contribution in [0, 0.1) is 11.7 Å². The molecule has 1 fully saturated rings. The zero-order chi connectivity index (χ0) is 15.5. The third kappa shape index (κ3) is 3.25. The molecule has 0 spiro atoms. The second-order valence-corrected chi connectivity index (χ2v) is 5.96. The SMILES string of the molecule is COBN1CCCC(Cc2ccc3c(c2F)NC(=O)CO3)C1.